The van der Waals surface area contributed by atoms with Crippen LogP contribution in [0.4, 0.5) is 0 Å². The van der Waals surface area contributed by atoms with E-state index < -0.39 is 24.0 Å². The average molecular weight is 294 g/mol. The lowest BCUT2D eigenvalue weighted by molar-refractivity contribution is -0.136. The lowest BCUT2D eigenvalue weighted by Gasteiger charge is -2.18. The van der Waals surface area contributed by atoms with E-state index in [2.05, 4.69) is 5.32 Å². The monoisotopic (exact) mass is 294 g/mol. The maximum Gasteiger partial charge on any atom is 0.268 e. The van der Waals surface area contributed by atoms with Gasteiger partial charge in [0, 0.05) is 6.08 Å². The summed E-state index contributed by atoms with van der Waals surface area (Å²) in [6, 6.07) is 6.32. The molecule has 6 heteroatoms. The van der Waals surface area contributed by atoms with E-state index in [0.717, 1.165) is 11.1 Å². The molecule has 0 bridgehead atoms. The number of carbonyl (C=O) groups excluding carboxylic acids is 2. The van der Waals surface area contributed by atoms with E-state index in [0.29, 0.717) is 0 Å². The highest BCUT2D eigenvalue weighted by molar-refractivity contribution is 5.95. The molecule has 0 heterocycles. The standard InChI is InChI=1S/C14H18N2O4.CH4/c1-9-3-5-11(6-4-9)7-8-12(18)15-13(10(2)17)14(19)16-20;/h3-8,10,13,17,20H,1-2H3,(H,15,18)(H,16,19);1H4/b8-7+;/t10-,13+;/m1./s1. The van der Waals surface area contributed by atoms with Crippen LogP contribution in [0, 0.1) is 6.92 Å². The van der Waals surface area contributed by atoms with Crippen molar-refractivity contribution in [3.05, 3.63) is 41.5 Å². The molecule has 1 rings (SSSR count). The quantitative estimate of drug-likeness (QED) is 0.370. The van der Waals surface area contributed by atoms with E-state index in [4.69, 9.17) is 5.21 Å². The molecule has 0 spiro atoms. The number of aryl methyl sites for hydroxylation is 1. The zero-order valence-corrected chi connectivity index (χ0v) is 11.3. The van der Waals surface area contributed by atoms with Crippen LogP contribution in [-0.2, 0) is 9.59 Å². The fourth-order valence-corrected chi connectivity index (χ4v) is 1.53. The molecule has 2 atom stereocenters. The summed E-state index contributed by atoms with van der Waals surface area (Å²) in [5.74, 6) is -1.42. The summed E-state index contributed by atoms with van der Waals surface area (Å²) in [4.78, 5) is 22.9. The number of amides is 2. The number of hydrogen-bond acceptors (Lipinski definition) is 4. The van der Waals surface area contributed by atoms with Crippen molar-refractivity contribution >= 4 is 17.9 Å². The van der Waals surface area contributed by atoms with Gasteiger partial charge in [-0.2, -0.15) is 0 Å². The molecule has 116 valence electrons. The Kier molecular flexibility index (Phi) is 7.96. The van der Waals surface area contributed by atoms with E-state index in [1.54, 1.807) is 6.08 Å². The van der Waals surface area contributed by atoms with Crippen molar-refractivity contribution in [1.82, 2.24) is 10.8 Å². The predicted molar refractivity (Wildman–Crippen MR) is 80.5 cm³/mol. The molecule has 0 fully saturated rings. The second kappa shape index (κ2) is 8.89. The van der Waals surface area contributed by atoms with E-state index in [1.165, 1.54) is 18.5 Å². The number of aliphatic hydroxyl groups is 1. The van der Waals surface area contributed by atoms with Crippen molar-refractivity contribution in [2.24, 2.45) is 0 Å². The SMILES string of the molecule is C.Cc1ccc(/C=C/C(=O)N[C@H](C(=O)NO)[C@@H](C)O)cc1. The summed E-state index contributed by atoms with van der Waals surface area (Å²) in [7, 11) is 0. The van der Waals surface area contributed by atoms with Gasteiger partial charge >= 0.3 is 0 Å². The predicted octanol–water partition coefficient (Wildman–Crippen LogP) is 1.02. The van der Waals surface area contributed by atoms with Gasteiger partial charge in [-0.3, -0.25) is 14.8 Å². The second-order valence-electron chi connectivity index (χ2n) is 4.45. The zero-order valence-electron chi connectivity index (χ0n) is 11.3. The largest absolute Gasteiger partial charge is 0.391 e. The Morgan fingerprint density at radius 1 is 1.24 bits per heavy atom. The molecule has 21 heavy (non-hydrogen) atoms. The Hall–Kier alpha value is -2.18. The van der Waals surface area contributed by atoms with Crippen molar-refractivity contribution in [1.29, 1.82) is 0 Å². The first-order valence-electron chi connectivity index (χ1n) is 6.11. The highest BCUT2D eigenvalue weighted by Crippen LogP contribution is 2.04. The van der Waals surface area contributed by atoms with Gasteiger partial charge in [0.15, 0.2) is 0 Å². The van der Waals surface area contributed by atoms with Gasteiger partial charge in [-0.25, -0.2) is 5.48 Å². The minimum Gasteiger partial charge on any atom is -0.391 e. The van der Waals surface area contributed by atoms with Crippen LogP contribution in [-0.4, -0.2) is 34.3 Å². The van der Waals surface area contributed by atoms with Crippen LogP contribution in [0.25, 0.3) is 6.08 Å². The first-order valence-corrected chi connectivity index (χ1v) is 6.11. The summed E-state index contributed by atoms with van der Waals surface area (Å²) in [6.07, 6.45) is 1.72. The Morgan fingerprint density at radius 3 is 2.29 bits per heavy atom. The molecule has 0 radical (unpaired) electrons. The summed E-state index contributed by atoms with van der Waals surface area (Å²) in [6.45, 7) is 3.30. The first-order chi connectivity index (χ1) is 9.43. The molecule has 6 nitrogen and oxygen atoms in total. The molecule has 0 aliphatic heterocycles. The van der Waals surface area contributed by atoms with Crippen molar-refractivity contribution in [3.63, 3.8) is 0 Å². The fraction of sp³-hybridized carbons (Fsp3) is 0.333. The average Bonchev–Trinajstić information content (AvgIpc) is 2.43. The molecule has 1 aromatic carbocycles. The molecule has 4 N–H and O–H groups in total. The number of carbonyl (C=O) groups is 2. The van der Waals surface area contributed by atoms with Crippen molar-refractivity contribution in [3.8, 4) is 0 Å². The van der Waals surface area contributed by atoms with Gasteiger partial charge < -0.3 is 10.4 Å². The van der Waals surface area contributed by atoms with Gasteiger partial charge in [0.2, 0.25) is 5.91 Å². The Morgan fingerprint density at radius 2 is 1.81 bits per heavy atom. The Balaban J connectivity index is 0.00000400. The Labute approximate surface area is 124 Å². The molecule has 0 saturated heterocycles. The molecule has 0 aromatic heterocycles. The van der Waals surface area contributed by atoms with Crippen LogP contribution >= 0.6 is 0 Å². The molecule has 0 aliphatic rings. The summed E-state index contributed by atoms with van der Waals surface area (Å²) in [5.41, 5.74) is 3.34. The van der Waals surface area contributed by atoms with E-state index in [9.17, 15) is 14.7 Å². The molecule has 0 saturated carbocycles. The van der Waals surface area contributed by atoms with Gasteiger partial charge in [-0.1, -0.05) is 37.3 Å². The van der Waals surface area contributed by atoms with Crippen LogP contribution in [0.2, 0.25) is 0 Å². The van der Waals surface area contributed by atoms with Crippen LogP contribution in [0.1, 0.15) is 25.5 Å². The summed E-state index contributed by atoms with van der Waals surface area (Å²) in [5, 5.41) is 20.2. The molecular formula is C15H22N2O4. The minimum atomic E-state index is -1.21. The topological polar surface area (TPSA) is 98.7 Å². The third-order valence-electron chi connectivity index (χ3n) is 2.68. The number of nitrogens with one attached hydrogen (secondary N) is 2. The van der Waals surface area contributed by atoms with Crippen molar-refractivity contribution < 1.29 is 19.9 Å². The van der Waals surface area contributed by atoms with Crippen molar-refractivity contribution in [2.75, 3.05) is 0 Å². The zero-order chi connectivity index (χ0) is 15.1. The lowest BCUT2D eigenvalue weighted by atomic mass is 10.1. The van der Waals surface area contributed by atoms with Crippen LogP contribution < -0.4 is 10.8 Å². The third-order valence-corrected chi connectivity index (χ3v) is 2.68. The van der Waals surface area contributed by atoms with Crippen LogP contribution in [0.15, 0.2) is 30.3 Å². The lowest BCUT2D eigenvalue weighted by Crippen LogP contribution is -2.51. The van der Waals surface area contributed by atoms with Gasteiger partial charge in [0.25, 0.3) is 5.91 Å². The number of aliphatic hydroxyl groups excluding tert-OH is 1. The number of rotatable bonds is 5. The normalized spacial score (nSPS) is 13.1. The van der Waals surface area contributed by atoms with Gasteiger partial charge in [0.1, 0.15) is 6.04 Å². The number of hydrogen-bond donors (Lipinski definition) is 4. The van der Waals surface area contributed by atoms with Crippen LogP contribution in [0.3, 0.4) is 0 Å². The highest BCUT2D eigenvalue weighted by atomic mass is 16.5. The van der Waals surface area contributed by atoms with Crippen molar-refractivity contribution in [2.45, 2.75) is 33.4 Å². The fourth-order valence-electron chi connectivity index (χ4n) is 1.53. The molecule has 0 unspecified atom stereocenters. The Bertz CT molecular complexity index is 495. The maximum absolute atomic E-state index is 11.6. The summed E-state index contributed by atoms with van der Waals surface area (Å²) >= 11 is 0. The number of benzene rings is 1. The molecule has 2 amide bonds. The third kappa shape index (κ3) is 6.20. The minimum absolute atomic E-state index is 0. The van der Waals surface area contributed by atoms with E-state index >= 15 is 0 Å². The highest BCUT2D eigenvalue weighted by Gasteiger charge is 2.24. The smallest absolute Gasteiger partial charge is 0.268 e. The maximum atomic E-state index is 11.6. The van der Waals surface area contributed by atoms with Gasteiger partial charge in [-0.05, 0) is 25.5 Å². The van der Waals surface area contributed by atoms with E-state index in [-0.39, 0.29) is 7.43 Å². The number of hydroxylamine groups is 1. The van der Waals surface area contributed by atoms with Gasteiger partial charge in [-0.15, -0.1) is 0 Å². The van der Waals surface area contributed by atoms with E-state index in [1.807, 2.05) is 31.2 Å². The second-order valence-corrected chi connectivity index (χ2v) is 4.45. The molecule has 0 aliphatic carbocycles. The summed E-state index contributed by atoms with van der Waals surface area (Å²) < 4.78 is 0. The first kappa shape index (κ1) is 18.8. The molecular weight excluding hydrogens is 272 g/mol. The van der Waals surface area contributed by atoms with Gasteiger partial charge in [0.05, 0.1) is 6.10 Å². The molecule has 1 aromatic rings. The van der Waals surface area contributed by atoms with Crippen LogP contribution in [0.5, 0.6) is 0 Å².